The largest absolute Gasteiger partial charge is 0.473 e. The standard InChI is InChI=1S/C15H17ClN2O.C2H2O4/c16-14-5-1-4-13(9-14)15(19)11-18-8-6-12-3-2-7-17-10-12;3-1(4)2(5)6/h1-5,7,9-10,15,18-19H,6,8,11H2;(H,3,4)(H,5,6). The summed E-state index contributed by atoms with van der Waals surface area (Å²) >= 11 is 5.89. The van der Waals surface area contributed by atoms with Crippen molar-refractivity contribution in [2.45, 2.75) is 12.5 Å². The number of aliphatic hydroxyl groups is 1. The molecule has 0 fully saturated rings. The minimum Gasteiger partial charge on any atom is -0.473 e. The number of carboxylic acids is 2. The van der Waals surface area contributed by atoms with E-state index in [0.29, 0.717) is 11.6 Å². The average Bonchev–Trinajstić information content (AvgIpc) is 2.60. The van der Waals surface area contributed by atoms with Gasteiger partial charge in [0.05, 0.1) is 6.10 Å². The number of pyridine rings is 1. The smallest absolute Gasteiger partial charge is 0.414 e. The number of halogens is 1. The fraction of sp³-hybridized carbons (Fsp3) is 0.235. The SMILES string of the molecule is O=C(O)C(=O)O.OC(CNCCc1cccnc1)c1cccc(Cl)c1. The van der Waals surface area contributed by atoms with Crippen LogP contribution in [0.15, 0.2) is 48.8 Å². The quantitative estimate of drug-likeness (QED) is 0.454. The van der Waals surface area contributed by atoms with Crippen LogP contribution in [0, 0.1) is 0 Å². The van der Waals surface area contributed by atoms with E-state index in [1.54, 1.807) is 18.3 Å². The van der Waals surface area contributed by atoms with Crippen LogP contribution in [0.3, 0.4) is 0 Å². The molecular weight excluding hydrogens is 348 g/mol. The van der Waals surface area contributed by atoms with E-state index in [2.05, 4.69) is 10.3 Å². The van der Waals surface area contributed by atoms with Crippen molar-refractivity contribution in [2.75, 3.05) is 13.1 Å². The van der Waals surface area contributed by atoms with E-state index in [4.69, 9.17) is 31.4 Å². The molecule has 1 atom stereocenters. The van der Waals surface area contributed by atoms with Crippen molar-refractivity contribution in [2.24, 2.45) is 0 Å². The summed E-state index contributed by atoms with van der Waals surface area (Å²) in [7, 11) is 0. The lowest BCUT2D eigenvalue weighted by Crippen LogP contribution is -2.23. The zero-order valence-corrected chi connectivity index (χ0v) is 14.1. The van der Waals surface area contributed by atoms with Crippen LogP contribution in [-0.2, 0) is 16.0 Å². The number of rotatable bonds is 6. The molecule has 1 aromatic carbocycles. The maximum atomic E-state index is 10.0. The van der Waals surface area contributed by atoms with Crippen LogP contribution >= 0.6 is 11.6 Å². The molecule has 25 heavy (non-hydrogen) atoms. The van der Waals surface area contributed by atoms with E-state index in [1.165, 1.54) is 5.56 Å². The highest BCUT2D eigenvalue weighted by Gasteiger charge is 2.07. The van der Waals surface area contributed by atoms with Crippen molar-refractivity contribution < 1.29 is 24.9 Å². The van der Waals surface area contributed by atoms with Gasteiger partial charge < -0.3 is 20.6 Å². The maximum Gasteiger partial charge on any atom is 0.414 e. The van der Waals surface area contributed by atoms with Crippen LogP contribution in [-0.4, -0.2) is 45.3 Å². The minimum absolute atomic E-state index is 0.514. The Balaban J connectivity index is 0.000000450. The molecule has 2 aromatic rings. The first kappa shape index (κ1) is 20.6. The molecule has 7 nitrogen and oxygen atoms in total. The molecule has 8 heteroatoms. The number of nitrogens with zero attached hydrogens (tertiary/aromatic N) is 1. The molecule has 1 unspecified atom stereocenters. The number of hydrogen-bond donors (Lipinski definition) is 4. The Morgan fingerprint density at radius 1 is 1.16 bits per heavy atom. The van der Waals surface area contributed by atoms with Gasteiger partial charge in [-0.05, 0) is 42.3 Å². The first-order valence-electron chi connectivity index (χ1n) is 7.39. The van der Waals surface area contributed by atoms with Gasteiger partial charge in [-0.2, -0.15) is 0 Å². The number of carbonyl (C=O) groups is 2. The second kappa shape index (κ2) is 11.1. The molecule has 134 valence electrons. The third-order valence-electron chi connectivity index (χ3n) is 3.07. The maximum absolute atomic E-state index is 10.0. The van der Waals surface area contributed by atoms with Gasteiger partial charge in [-0.15, -0.1) is 0 Å². The summed E-state index contributed by atoms with van der Waals surface area (Å²) in [4.78, 5) is 22.3. The lowest BCUT2D eigenvalue weighted by molar-refractivity contribution is -0.159. The number of hydrogen-bond acceptors (Lipinski definition) is 5. The van der Waals surface area contributed by atoms with Gasteiger partial charge in [0.15, 0.2) is 0 Å². The molecule has 4 N–H and O–H groups in total. The van der Waals surface area contributed by atoms with E-state index in [0.717, 1.165) is 18.5 Å². The summed E-state index contributed by atoms with van der Waals surface area (Å²) in [6.45, 7) is 1.32. The molecule has 0 radical (unpaired) electrons. The number of aliphatic carboxylic acids is 2. The molecule has 1 aromatic heterocycles. The first-order chi connectivity index (χ1) is 11.9. The molecule has 0 saturated heterocycles. The number of carboxylic acid groups (broad SMARTS) is 2. The van der Waals surface area contributed by atoms with Crippen molar-refractivity contribution >= 4 is 23.5 Å². The van der Waals surface area contributed by atoms with Crippen molar-refractivity contribution in [3.8, 4) is 0 Å². The highest BCUT2D eigenvalue weighted by molar-refractivity contribution is 6.30. The second-order valence-electron chi connectivity index (χ2n) is 5.00. The third kappa shape index (κ3) is 8.80. The highest BCUT2D eigenvalue weighted by atomic mass is 35.5. The molecule has 2 rings (SSSR count). The number of benzene rings is 1. The van der Waals surface area contributed by atoms with Crippen LogP contribution in [0.1, 0.15) is 17.2 Å². The topological polar surface area (TPSA) is 120 Å². The van der Waals surface area contributed by atoms with Gasteiger partial charge in [0.2, 0.25) is 0 Å². The van der Waals surface area contributed by atoms with Crippen molar-refractivity contribution in [3.05, 3.63) is 64.9 Å². The van der Waals surface area contributed by atoms with Crippen LogP contribution in [0.4, 0.5) is 0 Å². The van der Waals surface area contributed by atoms with E-state index < -0.39 is 18.0 Å². The van der Waals surface area contributed by atoms with Gasteiger partial charge in [0.1, 0.15) is 0 Å². The van der Waals surface area contributed by atoms with E-state index in [9.17, 15) is 5.11 Å². The number of nitrogens with one attached hydrogen (secondary N) is 1. The Kier molecular flexibility index (Phi) is 9.16. The number of aliphatic hydroxyl groups excluding tert-OH is 1. The molecule has 0 aliphatic carbocycles. The van der Waals surface area contributed by atoms with Crippen molar-refractivity contribution in [1.82, 2.24) is 10.3 Å². The summed E-state index contributed by atoms with van der Waals surface area (Å²) < 4.78 is 0. The third-order valence-corrected chi connectivity index (χ3v) is 3.30. The highest BCUT2D eigenvalue weighted by Crippen LogP contribution is 2.16. The molecular formula is C17H19ClN2O5. The van der Waals surface area contributed by atoms with Gasteiger partial charge in [-0.3, -0.25) is 4.98 Å². The van der Waals surface area contributed by atoms with Gasteiger partial charge in [0, 0.05) is 24.0 Å². The zero-order chi connectivity index (χ0) is 18.7. The van der Waals surface area contributed by atoms with Crippen LogP contribution in [0.25, 0.3) is 0 Å². The molecule has 0 aliphatic rings. The summed E-state index contributed by atoms with van der Waals surface area (Å²) in [6, 6.07) is 11.3. The minimum atomic E-state index is -1.82. The zero-order valence-electron chi connectivity index (χ0n) is 13.3. The van der Waals surface area contributed by atoms with E-state index >= 15 is 0 Å². The molecule has 1 heterocycles. The van der Waals surface area contributed by atoms with Crippen LogP contribution in [0.2, 0.25) is 5.02 Å². The van der Waals surface area contributed by atoms with Gasteiger partial charge in [-0.1, -0.05) is 29.8 Å². The van der Waals surface area contributed by atoms with Gasteiger partial charge in [0.25, 0.3) is 0 Å². The predicted molar refractivity (Wildman–Crippen MR) is 92.5 cm³/mol. The van der Waals surface area contributed by atoms with Gasteiger partial charge >= 0.3 is 11.9 Å². The fourth-order valence-electron chi connectivity index (χ4n) is 1.85. The predicted octanol–water partition coefficient (Wildman–Crippen LogP) is 1.76. The lowest BCUT2D eigenvalue weighted by atomic mass is 10.1. The Morgan fingerprint density at radius 2 is 1.88 bits per heavy atom. The summed E-state index contributed by atoms with van der Waals surface area (Å²) in [6.07, 6.45) is 3.98. The Morgan fingerprint density at radius 3 is 2.44 bits per heavy atom. The van der Waals surface area contributed by atoms with E-state index in [-0.39, 0.29) is 0 Å². The molecule has 0 aliphatic heterocycles. The Labute approximate surface area is 149 Å². The normalized spacial score (nSPS) is 11.1. The molecule has 0 amide bonds. The average molecular weight is 367 g/mol. The second-order valence-corrected chi connectivity index (χ2v) is 5.43. The summed E-state index contributed by atoms with van der Waals surface area (Å²) in [5.74, 6) is -3.65. The van der Waals surface area contributed by atoms with Crippen LogP contribution in [0.5, 0.6) is 0 Å². The Hall–Kier alpha value is -2.48. The summed E-state index contributed by atoms with van der Waals surface area (Å²) in [5, 5.41) is 28.7. The van der Waals surface area contributed by atoms with Crippen molar-refractivity contribution in [1.29, 1.82) is 0 Å². The van der Waals surface area contributed by atoms with Crippen LogP contribution < -0.4 is 5.32 Å². The molecule has 0 spiro atoms. The lowest BCUT2D eigenvalue weighted by Gasteiger charge is -2.12. The fourth-order valence-corrected chi connectivity index (χ4v) is 2.05. The Bertz CT molecular complexity index is 670. The monoisotopic (exact) mass is 366 g/mol. The summed E-state index contributed by atoms with van der Waals surface area (Å²) in [5.41, 5.74) is 2.02. The van der Waals surface area contributed by atoms with Crippen molar-refractivity contribution in [3.63, 3.8) is 0 Å². The van der Waals surface area contributed by atoms with Gasteiger partial charge in [-0.25, -0.2) is 9.59 Å². The molecule has 0 bridgehead atoms. The number of aromatic nitrogens is 1. The molecule has 0 saturated carbocycles. The first-order valence-corrected chi connectivity index (χ1v) is 7.77. The van der Waals surface area contributed by atoms with E-state index in [1.807, 2.05) is 30.5 Å².